The summed E-state index contributed by atoms with van der Waals surface area (Å²) in [6, 6.07) is 7.76. The Hall–Kier alpha value is -1.99. The third kappa shape index (κ3) is 6.27. The molecule has 1 saturated heterocycles. The molecule has 1 aromatic heterocycles. The molecule has 1 unspecified atom stereocenters. The van der Waals surface area contributed by atoms with Crippen LogP contribution in [-0.2, 0) is 13.1 Å². The summed E-state index contributed by atoms with van der Waals surface area (Å²) in [5.41, 5.74) is 0.261. The molecule has 2 heterocycles. The standard InChI is InChI=1S/C21H28F2N4S/c1-2-24-21(26-13-17-11-18(22)7-8-20(17)23)25-12-16-5-3-9-27(14-16)15-19-6-4-10-28-19/h4,6-8,10-11,16H,2-3,5,9,12-15H2,1H3,(H2,24,25,26). The average molecular weight is 407 g/mol. The molecule has 0 bridgehead atoms. The van der Waals surface area contributed by atoms with Crippen molar-refractivity contribution in [3.05, 3.63) is 57.8 Å². The highest BCUT2D eigenvalue weighted by Gasteiger charge is 2.20. The van der Waals surface area contributed by atoms with Crippen molar-refractivity contribution >= 4 is 17.3 Å². The van der Waals surface area contributed by atoms with Crippen molar-refractivity contribution in [3.63, 3.8) is 0 Å². The van der Waals surface area contributed by atoms with Gasteiger partial charge in [-0.05, 0) is 61.9 Å². The molecule has 2 aromatic rings. The summed E-state index contributed by atoms with van der Waals surface area (Å²) in [5, 5.41) is 8.68. The predicted molar refractivity (Wildman–Crippen MR) is 111 cm³/mol. The molecule has 0 radical (unpaired) electrons. The second-order valence-corrected chi connectivity index (χ2v) is 8.17. The highest BCUT2D eigenvalue weighted by molar-refractivity contribution is 7.09. The van der Waals surface area contributed by atoms with Gasteiger partial charge in [0.05, 0.1) is 6.54 Å². The fourth-order valence-electron chi connectivity index (χ4n) is 3.50. The van der Waals surface area contributed by atoms with Gasteiger partial charge in [-0.3, -0.25) is 4.90 Å². The molecule has 1 aromatic carbocycles. The van der Waals surface area contributed by atoms with Gasteiger partial charge in [-0.15, -0.1) is 11.3 Å². The number of piperidine rings is 1. The van der Waals surface area contributed by atoms with E-state index in [1.54, 1.807) is 11.3 Å². The molecular weight excluding hydrogens is 378 g/mol. The molecule has 0 spiro atoms. The van der Waals surface area contributed by atoms with Crippen LogP contribution < -0.4 is 10.6 Å². The number of thiophene rings is 1. The van der Waals surface area contributed by atoms with Crippen molar-refractivity contribution in [1.29, 1.82) is 0 Å². The van der Waals surface area contributed by atoms with E-state index in [4.69, 9.17) is 0 Å². The summed E-state index contributed by atoms with van der Waals surface area (Å²) >= 11 is 1.81. The zero-order valence-corrected chi connectivity index (χ0v) is 17.1. The van der Waals surface area contributed by atoms with Crippen molar-refractivity contribution in [2.24, 2.45) is 10.9 Å². The molecular formula is C21H28F2N4S. The van der Waals surface area contributed by atoms with Crippen molar-refractivity contribution in [2.45, 2.75) is 32.9 Å². The van der Waals surface area contributed by atoms with Crippen molar-refractivity contribution in [2.75, 3.05) is 26.2 Å². The van der Waals surface area contributed by atoms with E-state index >= 15 is 0 Å². The fourth-order valence-corrected chi connectivity index (χ4v) is 4.24. The monoisotopic (exact) mass is 406 g/mol. The van der Waals surface area contributed by atoms with Gasteiger partial charge < -0.3 is 10.6 Å². The summed E-state index contributed by atoms with van der Waals surface area (Å²) in [7, 11) is 0. The number of aliphatic imine (C=N–C) groups is 1. The smallest absolute Gasteiger partial charge is 0.191 e. The first kappa shape index (κ1) is 20.7. The number of guanidine groups is 1. The molecule has 7 heteroatoms. The molecule has 2 N–H and O–H groups in total. The number of rotatable bonds is 7. The summed E-state index contributed by atoms with van der Waals surface area (Å²) in [6.45, 7) is 6.84. The van der Waals surface area contributed by atoms with Crippen LogP contribution in [0.1, 0.15) is 30.2 Å². The highest BCUT2D eigenvalue weighted by atomic mass is 32.1. The molecule has 152 valence electrons. The molecule has 0 amide bonds. The van der Waals surface area contributed by atoms with Crippen LogP contribution in [0.5, 0.6) is 0 Å². The van der Waals surface area contributed by atoms with E-state index in [1.165, 1.54) is 23.8 Å². The molecule has 4 nitrogen and oxygen atoms in total. The van der Waals surface area contributed by atoms with Gasteiger partial charge in [0.2, 0.25) is 0 Å². The van der Waals surface area contributed by atoms with Crippen molar-refractivity contribution < 1.29 is 8.78 Å². The maximum atomic E-state index is 13.8. The summed E-state index contributed by atoms with van der Waals surface area (Å²) in [4.78, 5) is 8.34. The highest BCUT2D eigenvalue weighted by Crippen LogP contribution is 2.20. The number of hydrogen-bond acceptors (Lipinski definition) is 3. The molecule has 1 atom stereocenters. The first-order chi connectivity index (χ1) is 13.6. The third-order valence-electron chi connectivity index (χ3n) is 4.88. The van der Waals surface area contributed by atoms with E-state index in [9.17, 15) is 8.78 Å². The zero-order chi connectivity index (χ0) is 19.8. The van der Waals surface area contributed by atoms with Crippen LogP contribution in [0.15, 0.2) is 40.7 Å². The van der Waals surface area contributed by atoms with Crippen molar-refractivity contribution in [3.8, 4) is 0 Å². The largest absolute Gasteiger partial charge is 0.357 e. The second-order valence-electron chi connectivity index (χ2n) is 7.13. The van der Waals surface area contributed by atoms with Crippen LogP contribution in [-0.4, -0.2) is 37.0 Å². The molecule has 0 saturated carbocycles. The molecule has 3 rings (SSSR count). The third-order valence-corrected chi connectivity index (χ3v) is 5.74. The van der Waals surface area contributed by atoms with Crippen LogP contribution in [0.25, 0.3) is 0 Å². The lowest BCUT2D eigenvalue weighted by Gasteiger charge is -2.32. The number of halogens is 2. The number of nitrogens with one attached hydrogen (secondary N) is 2. The number of nitrogens with zero attached hydrogens (tertiary/aromatic N) is 2. The minimum absolute atomic E-state index is 0.105. The van der Waals surface area contributed by atoms with E-state index in [0.29, 0.717) is 18.4 Å². The van der Waals surface area contributed by atoms with Gasteiger partial charge in [-0.1, -0.05) is 6.07 Å². The first-order valence-electron chi connectivity index (χ1n) is 9.85. The molecule has 28 heavy (non-hydrogen) atoms. The van der Waals surface area contributed by atoms with E-state index in [0.717, 1.165) is 38.3 Å². The maximum Gasteiger partial charge on any atom is 0.191 e. The normalized spacial score (nSPS) is 18.2. The van der Waals surface area contributed by atoms with Crippen LogP contribution in [0.3, 0.4) is 0 Å². The Balaban J connectivity index is 1.52. The Morgan fingerprint density at radius 1 is 1.29 bits per heavy atom. The lowest BCUT2D eigenvalue weighted by Crippen LogP contribution is -2.44. The lowest BCUT2D eigenvalue weighted by atomic mass is 9.98. The summed E-state index contributed by atoms with van der Waals surface area (Å²) in [5.74, 6) is 0.306. The van der Waals surface area contributed by atoms with E-state index in [1.807, 2.05) is 6.92 Å². The van der Waals surface area contributed by atoms with E-state index < -0.39 is 11.6 Å². The average Bonchev–Trinajstić information content (AvgIpc) is 3.20. The number of hydrogen-bond donors (Lipinski definition) is 2. The molecule has 1 aliphatic heterocycles. The molecule has 1 aliphatic rings. The Morgan fingerprint density at radius 2 is 2.18 bits per heavy atom. The van der Waals surface area contributed by atoms with Crippen molar-refractivity contribution in [1.82, 2.24) is 15.5 Å². The van der Waals surface area contributed by atoms with Gasteiger partial charge in [0.1, 0.15) is 11.6 Å². The summed E-state index contributed by atoms with van der Waals surface area (Å²) in [6.07, 6.45) is 2.38. The van der Waals surface area contributed by atoms with Crippen LogP contribution in [0.2, 0.25) is 0 Å². The van der Waals surface area contributed by atoms with Crippen LogP contribution in [0.4, 0.5) is 8.78 Å². The minimum Gasteiger partial charge on any atom is -0.357 e. The topological polar surface area (TPSA) is 39.7 Å². The zero-order valence-electron chi connectivity index (χ0n) is 16.3. The first-order valence-corrected chi connectivity index (χ1v) is 10.7. The van der Waals surface area contributed by atoms with Gasteiger partial charge in [0, 0.05) is 36.6 Å². The fraction of sp³-hybridized carbons (Fsp3) is 0.476. The Bertz CT molecular complexity index is 764. The van der Waals surface area contributed by atoms with Gasteiger partial charge in [-0.2, -0.15) is 0 Å². The molecule has 0 aliphatic carbocycles. The van der Waals surface area contributed by atoms with Gasteiger partial charge >= 0.3 is 0 Å². The van der Waals surface area contributed by atoms with E-state index in [2.05, 4.69) is 38.0 Å². The SMILES string of the molecule is CCNC(=NCc1cc(F)ccc1F)NCC1CCCN(Cc2cccs2)C1. The molecule has 1 fully saturated rings. The predicted octanol–water partition coefficient (Wildman–Crippen LogP) is 3.99. The van der Waals surface area contributed by atoms with Crippen LogP contribution >= 0.6 is 11.3 Å². The van der Waals surface area contributed by atoms with Gasteiger partial charge in [0.15, 0.2) is 5.96 Å². The quantitative estimate of drug-likeness (QED) is 0.539. The number of likely N-dealkylation sites (tertiary alicyclic amines) is 1. The minimum atomic E-state index is -0.447. The Kier molecular flexibility index (Phi) is 7.80. The van der Waals surface area contributed by atoms with E-state index in [-0.39, 0.29) is 12.1 Å². The van der Waals surface area contributed by atoms with Crippen LogP contribution in [0, 0.1) is 17.6 Å². The maximum absolute atomic E-state index is 13.8. The summed E-state index contributed by atoms with van der Waals surface area (Å²) < 4.78 is 27.1. The Morgan fingerprint density at radius 3 is 2.96 bits per heavy atom. The lowest BCUT2D eigenvalue weighted by molar-refractivity contribution is 0.169. The van der Waals surface area contributed by atoms with Gasteiger partial charge in [-0.25, -0.2) is 13.8 Å². The number of benzene rings is 1. The second kappa shape index (κ2) is 10.5. The van der Waals surface area contributed by atoms with Gasteiger partial charge in [0.25, 0.3) is 0 Å². The Labute approximate surface area is 169 Å².